The predicted molar refractivity (Wildman–Crippen MR) is 55.8 cm³/mol. The van der Waals surface area contributed by atoms with E-state index in [1.165, 1.54) is 19.3 Å². The van der Waals surface area contributed by atoms with Crippen molar-refractivity contribution in [3.8, 4) is 6.07 Å². The molecule has 1 aliphatic rings. The summed E-state index contributed by atoms with van der Waals surface area (Å²) in [6.07, 6.45) is 5.14. The Balaban J connectivity index is 2.21. The van der Waals surface area contributed by atoms with Crippen molar-refractivity contribution in [1.82, 2.24) is 5.32 Å². The van der Waals surface area contributed by atoms with Gasteiger partial charge in [0.05, 0.1) is 18.1 Å². The molecule has 1 saturated carbocycles. The van der Waals surface area contributed by atoms with Crippen LogP contribution in [0.15, 0.2) is 0 Å². The van der Waals surface area contributed by atoms with E-state index in [1.807, 2.05) is 6.92 Å². The summed E-state index contributed by atoms with van der Waals surface area (Å²) in [5.74, 6) is 0.109. The Labute approximate surface area is 86.4 Å². The van der Waals surface area contributed by atoms with Crippen LogP contribution in [-0.2, 0) is 4.74 Å². The molecule has 14 heavy (non-hydrogen) atoms. The van der Waals surface area contributed by atoms with Gasteiger partial charge in [0.1, 0.15) is 0 Å². The number of hydrogen-bond donors (Lipinski definition) is 1. The highest BCUT2D eigenvalue weighted by Gasteiger charge is 2.21. The zero-order chi connectivity index (χ0) is 10.4. The standard InChI is InChI=1S/C11H20N2O/c1-9(7-12)8-13-10-4-3-5-11(6-10)14-2/h9-11,13H,3-6,8H2,1-2H3. The fourth-order valence-corrected chi connectivity index (χ4v) is 1.93. The maximum absolute atomic E-state index is 8.65. The van der Waals surface area contributed by atoms with Crippen LogP contribution in [-0.4, -0.2) is 25.8 Å². The molecule has 80 valence electrons. The van der Waals surface area contributed by atoms with Crippen LogP contribution in [0.5, 0.6) is 0 Å². The first-order valence-corrected chi connectivity index (χ1v) is 5.42. The van der Waals surface area contributed by atoms with E-state index in [9.17, 15) is 0 Å². The summed E-state index contributed by atoms with van der Waals surface area (Å²) < 4.78 is 5.35. The van der Waals surface area contributed by atoms with Gasteiger partial charge in [0.2, 0.25) is 0 Å². The third-order valence-corrected chi connectivity index (χ3v) is 2.89. The van der Waals surface area contributed by atoms with E-state index < -0.39 is 0 Å². The number of nitrogens with one attached hydrogen (secondary N) is 1. The van der Waals surface area contributed by atoms with Crippen LogP contribution < -0.4 is 5.32 Å². The van der Waals surface area contributed by atoms with Crippen LogP contribution in [0.4, 0.5) is 0 Å². The molecule has 3 unspecified atom stereocenters. The molecule has 1 aliphatic carbocycles. The lowest BCUT2D eigenvalue weighted by Gasteiger charge is -2.29. The first-order valence-electron chi connectivity index (χ1n) is 5.42. The Hall–Kier alpha value is -0.590. The summed E-state index contributed by atoms with van der Waals surface area (Å²) >= 11 is 0. The molecule has 0 saturated heterocycles. The first-order chi connectivity index (χ1) is 6.76. The lowest BCUT2D eigenvalue weighted by molar-refractivity contribution is 0.0586. The Bertz CT molecular complexity index is 200. The largest absolute Gasteiger partial charge is 0.381 e. The van der Waals surface area contributed by atoms with E-state index in [0.29, 0.717) is 12.1 Å². The maximum atomic E-state index is 8.65. The van der Waals surface area contributed by atoms with Crippen LogP contribution >= 0.6 is 0 Å². The summed E-state index contributed by atoms with van der Waals surface area (Å²) in [5.41, 5.74) is 0. The van der Waals surface area contributed by atoms with E-state index in [0.717, 1.165) is 13.0 Å². The number of methoxy groups -OCH3 is 1. The molecular weight excluding hydrogens is 176 g/mol. The zero-order valence-corrected chi connectivity index (χ0v) is 9.12. The second kappa shape index (κ2) is 6.00. The third-order valence-electron chi connectivity index (χ3n) is 2.89. The third kappa shape index (κ3) is 3.65. The quantitative estimate of drug-likeness (QED) is 0.744. The van der Waals surface area contributed by atoms with E-state index >= 15 is 0 Å². The van der Waals surface area contributed by atoms with Crippen LogP contribution in [0.3, 0.4) is 0 Å². The van der Waals surface area contributed by atoms with Gasteiger partial charge in [0, 0.05) is 19.7 Å². The SMILES string of the molecule is COC1CCCC(NCC(C)C#N)C1. The van der Waals surface area contributed by atoms with Crippen LogP contribution in [0, 0.1) is 17.2 Å². The minimum atomic E-state index is 0.109. The Morgan fingerprint density at radius 3 is 3.00 bits per heavy atom. The molecule has 3 heteroatoms. The van der Waals surface area contributed by atoms with E-state index in [-0.39, 0.29) is 5.92 Å². The maximum Gasteiger partial charge on any atom is 0.0666 e. The highest BCUT2D eigenvalue weighted by Crippen LogP contribution is 2.20. The molecule has 1 rings (SSSR count). The van der Waals surface area contributed by atoms with Crippen molar-refractivity contribution in [3.05, 3.63) is 0 Å². The van der Waals surface area contributed by atoms with Gasteiger partial charge in [-0.25, -0.2) is 0 Å². The van der Waals surface area contributed by atoms with Crippen LogP contribution in [0.1, 0.15) is 32.6 Å². The highest BCUT2D eigenvalue weighted by molar-refractivity contribution is 4.84. The van der Waals surface area contributed by atoms with E-state index in [2.05, 4.69) is 11.4 Å². The number of ether oxygens (including phenoxy) is 1. The lowest BCUT2D eigenvalue weighted by atomic mass is 9.92. The summed E-state index contributed by atoms with van der Waals surface area (Å²) in [6.45, 7) is 2.75. The molecule has 0 amide bonds. The van der Waals surface area contributed by atoms with E-state index in [4.69, 9.17) is 10.00 Å². The molecule has 0 heterocycles. The van der Waals surface area contributed by atoms with Gasteiger partial charge in [-0.05, 0) is 32.6 Å². The number of nitriles is 1. The van der Waals surface area contributed by atoms with Gasteiger partial charge in [-0.15, -0.1) is 0 Å². The molecule has 0 aromatic carbocycles. The highest BCUT2D eigenvalue weighted by atomic mass is 16.5. The number of hydrogen-bond acceptors (Lipinski definition) is 3. The normalized spacial score (nSPS) is 29.5. The lowest BCUT2D eigenvalue weighted by Crippen LogP contribution is -2.38. The molecule has 3 nitrogen and oxygen atoms in total. The molecule has 0 bridgehead atoms. The van der Waals surface area contributed by atoms with Gasteiger partial charge in [0.15, 0.2) is 0 Å². The van der Waals surface area contributed by atoms with Gasteiger partial charge in [-0.3, -0.25) is 0 Å². The Morgan fingerprint density at radius 2 is 2.36 bits per heavy atom. The van der Waals surface area contributed by atoms with Crippen molar-refractivity contribution in [3.63, 3.8) is 0 Å². The minimum Gasteiger partial charge on any atom is -0.381 e. The van der Waals surface area contributed by atoms with Gasteiger partial charge < -0.3 is 10.1 Å². The smallest absolute Gasteiger partial charge is 0.0666 e. The van der Waals surface area contributed by atoms with Crippen LogP contribution in [0.2, 0.25) is 0 Å². The molecule has 1 fully saturated rings. The van der Waals surface area contributed by atoms with Gasteiger partial charge in [-0.2, -0.15) is 5.26 Å². The number of rotatable bonds is 4. The average molecular weight is 196 g/mol. The fraction of sp³-hybridized carbons (Fsp3) is 0.909. The minimum absolute atomic E-state index is 0.109. The van der Waals surface area contributed by atoms with Crippen molar-refractivity contribution < 1.29 is 4.74 Å². The topological polar surface area (TPSA) is 45.0 Å². The molecule has 0 aromatic rings. The molecule has 0 aliphatic heterocycles. The van der Waals surface area contributed by atoms with Crippen molar-refractivity contribution in [2.45, 2.75) is 44.8 Å². The first kappa shape index (κ1) is 11.5. The van der Waals surface area contributed by atoms with E-state index in [1.54, 1.807) is 7.11 Å². The summed E-state index contributed by atoms with van der Waals surface area (Å²) in [4.78, 5) is 0. The molecule has 1 N–H and O–H groups in total. The summed E-state index contributed by atoms with van der Waals surface area (Å²) in [5, 5.41) is 12.1. The van der Waals surface area contributed by atoms with Crippen molar-refractivity contribution in [2.75, 3.05) is 13.7 Å². The average Bonchev–Trinajstić information content (AvgIpc) is 2.26. The zero-order valence-electron chi connectivity index (χ0n) is 9.12. The summed E-state index contributed by atoms with van der Waals surface area (Å²) in [7, 11) is 1.78. The van der Waals surface area contributed by atoms with Gasteiger partial charge in [-0.1, -0.05) is 0 Å². The Kier molecular flexibility index (Phi) is 4.92. The Morgan fingerprint density at radius 1 is 1.57 bits per heavy atom. The van der Waals surface area contributed by atoms with Crippen molar-refractivity contribution >= 4 is 0 Å². The second-order valence-electron chi connectivity index (χ2n) is 4.16. The molecule has 3 atom stereocenters. The molecule has 0 aromatic heterocycles. The van der Waals surface area contributed by atoms with Crippen molar-refractivity contribution in [1.29, 1.82) is 5.26 Å². The second-order valence-corrected chi connectivity index (χ2v) is 4.16. The molecular formula is C11H20N2O. The predicted octanol–water partition coefficient (Wildman–Crippen LogP) is 1.69. The fourth-order valence-electron chi connectivity index (χ4n) is 1.93. The number of nitrogens with zero attached hydrogens (tertiary/aromatic N) is 1. The van der Waals surface area contributed by atoms with Gasteiger partial charge in [0.25, 0.3) is 0 Å². The molecule has 0 radical (unpaired) electrons. The van der Waals surface area contributed by atoms with Crippen molar-refractivity contribution in [2.24, 2.45) is 5.92 Å². The monoisotopic (exact) mass is 196 g/mol. The van der Waals surface area contributed by atoms with Crippen LogP contribution in [0.25, 0.3) is 0 Å². The summed E-state index contributed by atoms with van der Waals surface area (Å²) in [6, 6.07) is 2.78. The van der Waals surface area contributed by atoms with Gasteiger partial charge >= 0.3 is 0 Å². The molecule has 0 spiro atoms.